The van der Waals surface area contributed by atoms with Gasteiger partial charge in [-0.25, -0.2) is 0 Å². The number of amides is 1. The van der Waals surface area contributed by atoms with Gasteiger partial charge in [0.1, 0.15) is 5.75 Å². The molecule has 25 heavy (non-hydrogen) atoms. The zero-order chi connectivity index (χ0) is 18.3. The van der Waals surface area contributed by atoms with Gasteiger partial charge in [0, 0.05) is 5.56 Å². The monoisotopic (exact) mass is 363 g/mol. The van der Waals surface area contributed by atoms with Crippen LogP contribution in [0, 0.1) is 0 Å². The first-order chi connectivity index (χ1) is 12.0. The molecule has 134 valence electrons. The lowest BCUT2D eigenvalue weighted by molar-refractivity contribution is 0.102. The highest BCUT2D eigenvalue weighted by atomic mass is 31.2. The van der Waals surface area contributed by atoms with Crippen LogP contribution in [0.1, 0.15) is 29.8 Å². The van der Waals surface area contributed by atoms with Crippen LogP contribution >= 0.6 is 7.60 Å². The van der Waals surface area contributed by atoms with Crippen molar-refractivity contribution >= 4 is 19.2 Å². The van der Waals surface area contributed by atoms with E-state index >= 15 is 0 Å². The molecular weight excluding hydrogens is 341 g/mol. The number of rotatable bonds is 8. The minimum atomic E-state index is -3.17. The Balaban J connectivity index is 2.07. The predicted molar refractivity (Wildman–Crippen MR) is 97.1 cm³/mol. The average Bonchev–Trinajstić information content (AvgIpc) is 2.58. The molecule has 0 aliphatic rings. The van der Waals surface area contributed by atoms with Crippen molar-refractivity contribution in [1.82, 2.24) is 0 Å². The van der Waals surface area contributed by atoms with Gasteiger partial charge in [-0.3, -0.25) is 9.36 Å². The van der Waals surface area contributed by atoms with E-state index in [-0.39, 0.29) is 17.8 Å². The molecular formula is C18H22NO5P. The Kier molecular flexibility index (Phi) is 6.76. The molecule has 7 heteroatoms. The number of benzene rings is 2. The van der Waals surface area contributed by atoms with Crippen LogP contribution < -0.4 is 5.32 Å². The number of carbonyl (C=O) groups excluding carboxylic acids is 1. The normalized spacial score (nSPS) is 11.3. The fourth-order valence-corrected chi connectivity index (χ4v) is 3.98. The van der Waals surface area contributed by atoms with E-state index in [1.54, 1.807) is 56.3 Å². The predicted octanol–water partition coefficient (Wildman–Crippen LogP) is 4.41. The molecule has 2 N–H and O–H groups in total. The van der Waals surface area contributed by atoms with Gasteiger partial charge in [0.2, 0.25) is 0 Å². The summed E-state index contributed by atoms with van der Waals surface area (Å²) in [4.78, 5) is 12.2. The largest absolute Gasteiger partial charge is 0.506 e. The molecule has 2 aromatic carbocycles. The molecule has 1 amide bonds. The summed E-state index contributed by atoms with van der Waals surface area (Å²) in [6, 6.07) is 13.2. The minimum Gasteiger partial charge on any atom is -0.506 e. The van der Waals surface area contributed by atoms with Crippen molar-refractivity contribution in [1.29, 1.82) is 0 Å². The Hall–Kier alpha value is -2.14. The van der Waals surface area contributed by atoms with Crippen LogP contribution in [0.4, 0.5) is 5.69 Å². The van der Waals surface area contributed by atoms with Gasteiger partial charge >= 0.3 is 7.60 Å². The van der Waals surface area contributed by atoms with Crippen LogP contribution in [0.25, 0.3) is 0 Å². The molecule has 2 rings (SSSR count). The molecule has 0 saturated heterocycles. The number of nitrogens with one attached hydrogen (secondary N) is 1. The van der Waals surface area contributed by atoms with Crippen LogP contribution in [0.2, 0.25) is 0 Å². The molecule has 0 radical (unpaired) electrons. The average molecular weight is 363 g/mol. The maximum atomic E-state index is 12.5. The van der Waals surface area contributed by atoms with E-state index in [4.69, 9.17) is 9.05 Å². The van der Waals surface area contributed by atoms with Gasteiger partial charge < -0.3 is 19.5 Å². The van der Waals surface area contributed by atoms with Crippen molar-refractivity contribution in [2.45, 2.75) is 20.0 Å². The standard InChI is InChI=1S/C18H22NO5P/c1-3-23-25(22,24-4-2)13-14-9-11-15(12-10-14)18(21)19-16-7-5-6-8-17(16)20/h5-12,20H,3-4,13H2,1-2H3,(H,19,21). The smallest absolute Gasteiger partial charge is 0.335 e. The third-order valence-corrected chi connectivity index (χ3v) is 5.45. The Morgan fingerprint density at radius 1 is 1.04 bits per heavy atom. The molecule has 0 aromatic heterocycles. The van der Waals surface area contributed by atoms with E-state index in [0.29, 0.717) is 24.5 Å². The molecule has 0 atom stereocenters. The summed E-state index contributed by atoms with van der Waals surface area (Å²) >= 11 is 0. The van der Waals surface area contributed by atoms with Crippen LogP contribution in [0.5, 0.6) is 5.75 Å². The number of hydrogen-bond acceptors (Lipinski definition) is 5. The van der Waals surface area contributed by atoms with Gasteiger partial charge in [-0.1, -0.05) is 24.3 Å². The number of anilines is 1. The van der Waals surface area contributed by atoms with Gasteiger partial charge in [-0.2, -0.15) is 0 Å². The SMILES string of the molecule is CCOP(=O)(Cc1ccc(C(=O)Nc2ccccc2O)cc1)OCC. The summed E-state index contributed by atoms with van der Waals surface area (Å²) in [7, 11) is -3.17. The third-order valence-electron chi connectivity index (χ3n) is 3.40. The van der Waals surface area contributed by atoms with E-state index in [1.807, 2.05) is 0 Å². The minimum absolute atomic E-state index is 0.00170. The topological polar surface area (TPSA) is 84.9 Å². The van der Waals surface area contributed by atoms with Crippen LogP contribution in [-0.4, -0.2) is 24.2 Å². The Morgan fingerprint density at radius 3 is 2.20 bits per heavy atom. The Bertz CT molecular complexity index is 750. The van der Waals surface area contributed by atoms with Crippen molar-refractivity contribution < 1.29 is 23.5 Å². The van der Waals surface area contributed by atoms with Crippen molar-refractivity contribution in [3.63, 3.8) is 0 Å². The summed E-state index contributed by atoms with van der Waals surface area (Å²) in [5.74, 6) is -0.340. The third kappa shape index (κ3) is 5.43. The first-order valence-electron chi connectivity index (χ1n) is 8.04. The second kappa shape index (κ2) is 8.81. The van der Waals surface area contributed by atoms with Crippen LogP contribution in [0.3, 0.4) is 0 Å². The van der Waals surface area contributed by atoms with Crippen molar-refractivity contribution in [3.8, 4) is 5.75 Å². The fraction of sp³-hybridized carbons (Fsp3) is 0.278. The first kappa shape index (κ1) is 19.2. The molecule has 0 fully saturated rings. The summed E-state index contributed by atoms with van der Waals surface area (Å²) in [5.41, 5.74) is 1.52. The van der Waals surface area contributed by atoms with Gasteiger partial charge in [0.05, 0.1) is 25.1 Å². The number of phenolic OH excluding ortho intramolecular Hbond substituents is 1. The van der Waals surface area contributed by atoms with Crippen molar-refractivity contribution in [2.75, 3.05) is 18.5 Å². The number of phenols is 1. The molecule has 0 unspecified atom stereocenters. The molecule has 0 spiro atoms. The van der Waals surface area contributed by atoms with Crippen LogP contribution in [0.15, 0.2) is 48.5 Å². The number of carbonyl (C=O) groups is 1. The highest BCUT2D eigenvalue weighted by Gasteiger charge is 2.24. The summed E-state index contributed by atoms with van der Waals surface area (Å²) in [6.07, 6.45) is 0.149. The van der Waals surface area contributed by atoms with Crippen molar-refractivity contribution in [2.24, 2.45) is 0 Å². The quantitative estimate of drug-likeness (QED) is 0.536. The molecule has 0 aliphatic heterocycles. The Morgan fingerprint density at radius 2 is 1.64 bits per heavy atom. The lowest BCUT2D eigenvalue weighted by Gasteiger charge is -2.17. The maximum Gasteiger partial charge on any atom is 0.335 e. The Labute approximate surface area is 147 Å². The zero-order valence-electron chi connectivity index (χ0n) is 14.3. The lowest BCUT2D eigenvalue weighted by Crippen LogP contribution is -2.12. The van der Waals surface area contributed by atoms with Crippen molar-refractivity contribution in [3.05, 3.63) is 59.7 Å². The zero-order valence-corrected chi connectivity index (χ0v) is 15.2. The van der Waals surface area contributed by atoms with Gasteiger partial charge in [-0.05, 0) is 43.7 Å². The van der Waals surface area contributed by atoms with Gasteiger partial charge in [0.25, 0.3) is 5.91 Å². The molecule has 6 nitrogen and oxygen atoms in total. The molecule has 0 heterocycles. The molecule has 0 bridgehead atoms. The van der Waals surface area contributed by atoms with Gasteiger partial charge in [0.15, 0.2) is 0 Å². The second-order valence-electron chi connectivity index (χ2n) is 5.27. The summed E-state index contributed by atoms with van der Waals surface area (Å²) < 4.78 is 23.1. The van der Waals surface area contributed by atoms with Gasteiger partial charge in [-0.15, -0.1) is 0 Å². The van der Waals surface area contributed by atoms with E-state index in [9.17, 15) is 14.5 Å². The van der Waals surface area contributed by atoms with E-state index < -0.39 is 7.60 Å². The van der Waals surface area contributed by atoms with E-state index in [2.05, 4.69) is 5.32 Å². The second-order valence-corrected chi connectivity index (χ2v) is 7.33. The van der Waals surface area contributed by atoms with E-state index in [0.717, 1.165) is 5.56 Å². The highest BCUT2D eigenvalue weighted by molar-refractivity contribution is 7.53. The summed E-state index contributed by atoms with van der Waals surface area (Å²) in [5, 5.41) is 12.3. The summed E-state index contributed by atoms with van der Waals surface area (Å²) in [6.45, 7) is 4.13. The lowest BCUT2D eigenvalue weighted by atomic mass is 10.1. The molecule has 0 saturated carbocycles. The molecule has 0 aliphatic carbocycles. The van der Waals surface area contributed by atoms with Crippen LogP contribution in [-0.2, 0) is 19.8 Å². The first-order valence-corrected chi connectivity index (χ1v) is 9.76. The number of hydrogen-bond donors (Lipinski definition) is 2. The number of aromatic hydroxyl groups is 1. The highest BCUT2D eigenvalue weighted by Crippen LogP contribution is 2.51. The van der Waals surface area contributed by atoms with E-state index in [1.165, 1.54) is 6.07 Å². The fourth-order valence-electron chi connectivity index (χ4n) is 2.28. The maximum absolute atomic E-state index is 12.5. The number of para-hydroxylation sites is 2. The molecule has 2 aromatic rings.